The Balaban J connectivity index is 1.63. The van der Waals surface area contributed by atoms with Crippen LogP contribution >= 0.6 is 11.3 Å². The summed E-state index contributed by atoms with van der Waals surface area (Å²) in [5.74, 6) is -0.0822. The average molecular weight is 311 g/mol. The largest absolute Gasteiger partial charge is 0.239 e. The maximum atomic E-state index is 13.7. The van der Waals surface area contributed by atoms with E-state index in [9.17, 15) is 4.39 Å². The Morgan fingerprint density at radius 2 is 1.86 bits per heavy atom. The van der Waals surface area contributed by atoms with Gasteiger partial charge in [0.25, 0.3) is 0 Å². The van der Waals surface area contributed by atoms with Crippen molar-refractivity contribution in [2.75, 3.05) is 0 Å². The van der Waals surface area contributed by atoms with Crippen molar-refractivity contribution in [3.8, 4) is 11.4 Å². The van der Waals surface area contributed by atoms with Gasteiger partial charge < -0.3 is 0 Å². The Kier molecular flexibility index (Phi) is 3.12. The smallest absolute Gasteiger partial charge is 0.207 e. The zero-order chi connectivity index (χ0) is 14.9. The van der Waals surface area contributed by atoms with Crippen LogP contribution in [-0.4, -0.2) is 25.2 Å². The van der Waals surface area contributed by atoms with E-state index in [1.54, 1.807) is 29.5 Å². The normalized spacial score (nSPS) is 11.1. The molecule has 2 aromatic carbocycles. The molecule has 0 aliphatic carbocycles. The molecule has 2 heterocycles. The summed E-state index contributed by atoms with van der Waals surface area (Å²) in [5.41, 5.74) is 1.30. The number of benzene rings is 2. The van der Waals surface area contributed by atoms with Crippen molar-refractivity contribution >= 4 is 21.6 Å². The first kappa shape index (κ1) is 13.0. The highest BCUT2D eigenvalue weighted by Gasteiger charge is 2.11. The molecule has 108 valence electrons. The van der Waals surface area contributed by atoms with Gasteiger partial charge in [0.2, 0.25) is 5.82 Å². The van der Waals surface area contributed by atoms with E-state index >= 15 is 0 Å². The van der Waals surface area contributed by atoms with Crippen LogP contribution in [0.2, 0.25) is 0 Å². The number of halogens is 1. The Morgan fingerprint density at radius 3 is 2.73 bits per heavy atom. The summed E-state index contributed by atoms with van der Waals surface area (Å²) in [5, 5.41) is 13.0. The predicted molar refractivity (Wildman–Crippen MR) is 81.9 cm³/mol. The van der Waals surface area contributed by atoms with Crippen LogP contribution < -0.4 is 0 Å². The summed E-state index contributed by atoms with van der Waals surface area (Å²) in [6.45, 7) is 0.417. The summed E-state index contributed by atoms with van der Waals surface area (Å²) < 4.78 is 14.8. The summed E-state index contributed by atoms with van der Waals surface area (Å²) in [7, 11) is 0. The lowest BCUT2D eigenvalue weighted by atomic mass is 10.2. The van der Waals surface area contributed by atoms with Gasteiger partial charge in [-0.3, -0.25) is 0 Å². The minimum Gasteiger partial charge on any atom is -0.239 e. The van der Waals surface area contributed by atoms with Crippen LogP contribution in [0, 0.1) is 5.82 Å². The highest BCUT2D eigenvalue weighted by Crippen LogP contribution is 2.22. The molecule has 0 amide bonds. The molecule has 0 unspecified atom stereocenters. The van der Waals surface area contributed by atoms with Crippen molar-refractivity contribution in [1.82, 2.24) is 25.2 Å². The van der Waals surface area contributed by atoms with Crippen LogP contribution in [0.3, 0.4) is 0 Å². The van der Waals surface area contributed by atoms with Gasteiger partial charge in [0.1, 0.15) is 17.4 Å². The van der Waals surface area contributed by atoms with E-state index in [2.05, 4.69) is 20.4 Å². The number of hydrogen-bond acceptors (Lipinski definition) is 5. The molecule has 0 aliphatic rings. The van der Waals surface area contributed by atoms with Crippen LogP contribution in [0.4, 0.5) is 4.39 Å². The van der Waals surface area contributed by atoms with Gasteiger partial charge in [-0.1, -0.05) is 24.3 Å². The lowest BCUT2D eigenvalue weighted by Gasteiger charge is -1.95. The van der Waals surface area contributed by atoms with Crippen molar-refractivity contribution in [1.29, 1.82) is 0 Å². The number of fused-ring (bicyclic) bond motifs is 1. The van der Waals surface area contributed by atoms with E-state index in [0.717, 1.165) is 15.2 Å². The second kappa shape index (κ2) is 5.27. The SMILES string of the molecule is Fc1ccccc1-c1nnn(Cc2nc3ccccc3s2)n1. The van der Waals surface area contributed by atoms with E-state index in [4.69, 9.17) is 0 Å². The van der Waals surface area contributed by atoms with Gasteiger partial charge in [0, 0.05) is 0 Å². The van der Waals surface area contributed by atoms with E-state index in [-0.39, 0.29) is 11.6 Å². The Morgan fingerprint density at radius 1 is 1.05 bits per heavy atom. The number of rotatable bonds is 3. The molecule has 0 aliphatic heterocycles. The summed E-state index contributed by atoms with van der Waals surface area (Å²) in [6.07, 6.45) is 0. The van der Waals surface area contributed by atoms with E-state index in [0.29, 0.717) is 12.1 Å². The molecule has 0 saturated carbocycles. The molecule has 0 fully saturated rings. The fourth-order valence-electron chi connectivity index (χ4n) is 2.17. The second-order valence-corrected chi connectivity index (χ2v) is 5.81. The molecule has 0 radical (unpaired) electrons. The molecule has 22 heavy (non-hydrogen) atoms. The third-order valence-corrected chi connectivity index (χ3v) is 4.20. The van der Waals surface area contributed by atoms with E-state index in [1.807, 2.05) is 24.3 Å². The lowest BCUT2D eigenvalue weighted by Crippen LogP contribution is -2.03. The van der Waals surface area contributed by atoms with Crippen molar-refractivity contribution in [3.05, 3.63) is 59.4 Å². The van der Waals surface area contributed by atoms with Gasteiger partial charge >= 0.3 is 0 Å². The Bertz CT molecular complexity index is 913. The summed E-state index contributed by atoms with van der Waals surface area (Å²) in [6, 6.07) is 14.3. The third kappa shape index (κ3) is 2.35. The van der Waals surface area contributed by atoms with Crippen LogP contribution in [0.15, 0.2) is 48.5 Å². The summed E-state index contributed by atoms with van der Waals surface area (Å²) >= 11 is 1.59. The predicted octanol–water partition coefficient (Wildman–Crippen LogP) is 3.14. The van der Waals surface area contributed by atoms with E-state index < -0.39 is 0 Å². The number of nitrogens with zero attached hydrogens (tertiary/aromatic N) is 5. The molecular formula is C15H10FN5S. The zero-order valence-corrected chi connectivity index (χ0v) is 12.2. The first-order valence-corrected chi connectivity index (χ1v) is 7.48. The maximum absolute atomic E-state index is 13.7. The summed E-state index contributed by atoms with van der Waals surface area (Å²) in [4.78, 5) is 5.95. The number of aromatic nitrogens is 5. The first-order valence-electron chi connectivity index (χ1n) is 6.67. The molecule has 4 aromatic rings. The molecule has 0 saturated heterocycles. The minimum atomic E-state index is -0.359. The fraction of sp³-hybridized carbons (Fsp3) is 0.0667. The monoisotopic (exact) mass is 311 g/mol. The van der Waals surface area contributed by atoms with Crippen molar-refractivity contribution < 1.29 is 4.39 Å². The number of hydrogen-bond donors (Lipinski definition) is 0. The van der Waals surface area contributed by atoms with Gasteiger partial charge in [-0.05, 0) is 29.5 Å². The van der Waals surface area contributed by atoms with Crippen LogP contribution in [-0.2, 0) is 6.54 Å². The Hall–Kier alpha value is -2.67. The van der Waals surface area contributed by atoms with Crippen LogP contribution in [0.5, 0.6) is 0 Å². The average Bonchev–Trinajstić information content (AvgIpc) is 3.14. The highest BCUT2D eigenvalue weighted by molar-refractivity contribution is 7.18. The van der Waals surface area contributed by atoms with Crippen molar-refractivity contribution in [2.24, 2.45) is 0 Å². The van der Waals surface area contributed by atoms with Crippen LogP contribution in [0.25, 0.3) is 21.6 Å². The van der Waals surface area contributed by atoms with Gasteiger partial charge in [0.05, 0.1) is 15.8 Å². The van der Waals surface area contributed by atoms with Crippen molar-refractivity contribution in [3.63, 3.8) is 0 Å². The lowest BCUT2D eigenvalue weighted by molar-refractivity contribution is 0.571. The molecule has 0 atom stereocenters. The fourth-order valence-corrected chi connectivity index (χ4v) is 3.11. The molecule has 2 aromatic heterocycles. The van der Waals surface area contributed by atoms with Gasteiger partial charge in [0.15, 0.2) is 0 Å². The quantitative estimate of drug-likeness (QED) is 0.583. The second-order valence-electron chi connectivity index (χ2n) is 4.70. The van der Waals surface area contributed by atoms with Gasteiger partial charge in [-0.2, -0.15) is 4.80 Å². The van der Waals surface area contributed by atoms with Crippen molar-refractivity contribution in [2.45, 2.75) is 6.54 Å². The maximum Gasteiger partial charge on any atom is 0.207 e. The molecule has 0 N–H and O–H groups in total. The molecule has 7 heteroatoms. The van der Waals surface area contributed by atoms with Gasteiger partial charge in [-0.15, -0.1) is 21.5 Å². The number of thiazole rings is 1. The first-order chi connectivity index (χ1) is 10.8. The molecule has 0 spiro atoms. The van der Waals surface area contributed by atoms with Gasteiger partial charge in [-0.25, -0.2) is 9.37 Å². The standard InChI is InChI=1S/C15H10FN5S/c16-11-6-2-1-5-10(11)15-18-20-21(19-15)9-14-17-12-7-3-4-8-13(12)22-14/h1-8H,9H2. The molecule has 4 rings (SSSR count). The minimum absolute atomic E-state index is 0.277. The molecular weight excluding hydrogens is 301 g/mol. The third-order valence-electron chi connectivity index (χ3n) is 3.18. The number of para-hydroxylation sites is 1. The van der Waals surface area contributed by atoms with E-state index in [1.165, 1.54) is 10.9 Å². The topological polar surface area (TPSA) is 56.5 Å². The highest BCUT2D eigenvalue weighted by atomic mass is 32.1. The molecule has 0 bridgehead atoms. The zero-order valence-electron chi connectivity index (χ0n) is 11.3. The number of tetrazole rings is 1. The molecule has 5 nitrogen and oxygen atoms in total. The Labute approximate surface area is 129 Å². The van der Waals surface area contributed by atoms with Crippen LogP contribution in [0.1, 0.15) is 5.01 Å².